The number of para-hydroxylation sites is 2. The highest BCUT2D eigenvalue weighted by Crippen LogP contribution is 2.27. The van der Waals surface area contributed by atoms with Crippen LogP contribution in [0, 0.1) is 10.1 Å². The first-order valence-corrected chi connectivity index (χ1v) is 7.74. The minimum absolute atomic E-state index is 0.0636. The summed E-state index contributed by atoms with van der Waals surface area (Å²) in [6.07, 6.45) is -0.882. The van der Waals surface area contributed by atoms with E-state index >= 15 is 0 Å². The van der Waals surface area contributed by atoms with Crippen LogP contribution < -0.4 is 10.1 Å². The van der Waals surface area contributed by atoms with Crippen molar-refractivity contribution in [2.24, 2.45) is 0 Å². The number of benzene rings is 3. The summed E-state index contributed by atoms with van der Waals surface area (Å²) in [5.41, 5.74) is 0.467. The molecule has 1 atom stereocenters. The van der Waals surface area contributed by atoms with Gasteiger partial charge in [0, 0.05) is 11.8 Å². The first kappa shape index (κ1) is 16.4. The van der Waals surface area contributed by atoms with Crippen LogP contribution in [0.3, 0.4) is 0 Å². The van der Waals surface area contributed by atoms with E-state index in [9.17, 15) is 14.9 Å². The second kappa shape index (κ2) is 7.00. The second-order valence-electron chi connectivity index (χ2n) is 5.54. The molecule has 0 heterocycles. The number of nitrogens with one attached hydrogen (secondary N) is 1. The number of carbonyl (C=O) groups excluding carboxylic acids is 1. The number of carbonyl (C=O) groups is 1. The van der Waals surface area contributed by atoms with E-state index in [0.717, 1.165) is 10.8 Å². The maximum absolute atomic E-state index is 12.3. The van der Waals surface area contributed by atoms with Crippen LogP contribution in [0.2, 0.25) is 0 Å². The molecule has 6 heteroatoms. The zero-order chi connectivity index (χ0) is 17.8. The fourth-order valence-corrected chi connectivity index (χ4v) is 2.46. The Labute approximate surface area is 144 Å². The van der Waals surface area contributed by atoms with E-state index < -0.39 is 11.0 Å². The lowest BCUT2D eigenvalue weighted by Gasteiger charge is -2.15. The molecule has 0 aliphatic carbocycles. The van der Waals surface area contributed by atoms with E-state index in [2.05, 4.69) is 5.32 Å². The van der Waals surface area contributed by atoms with Gasteiger partial charge in [0.05, 0.1) is 4.92 Å². The normalized spacial score (nSPS) is 11.7. The van der Waals surface area contributed by atoms with Crippen LogP contribution in [0.1, 0.15) is 6.92 Å². The molecule has 6 nitrogen and oxygen atoms in total. The summed E-state index contributed by atoms with van der Waals surface area (Å²) < 4.78 is 5.47. The molecule has 0 bridgehead atoms. The molecule has 25 heavy (non-hydrogen) atoms. The quantitative estimate of drug-likeness (QED) is 0.560. The van der Waals surface area contributed by atoms with Gasteiger partial charge in [-0.05, 0) is 35.9 Å². The van der Waals surface area contributed by atoms with Gasteiger partial charge in [0.25, 0.3) is 5.91 Å². The monoisotopic (exact) mass is 336 g/mol. The Hall–Kier alpha value is -3.41. The third-order valence-electron chi connectivity index (χ3n) is 3.75. The number of rotatable bonds is 5. The van der Waals surface area contributed by atoms with Crippen molar-refractivity contribution in [3.05, 3.63) is 76.8 Å². The Bertz CT molecular complexity index is 939. The van der Waals surface area contributed by atoms with Crippen molar-refractivity contribution < 1.29 is 14.5 Å². The van der Waals surface area contributed by atoms with Gasteiger partial charge in [-0.1, -0.05) is 42.5 Å². The summed E-state index contributed by atoms with van der Waals surface area (Å²) in [7, 11) is 0. The number of nitro benzene ring substituents is 1. The van der Waals surface area contributed by atoms with Crippen molar-refractivity contribution in [1.29, 1.82) is 0 Å². The standard InChI is InChI=1S/C19H16N2O4/c1-13(25-18-9-5-4-8-17(18)21(23)24)19(22)20-16-11-10-14-6-2-3-7-15(14)12-16/h2-13H,1H3,(H,20,22). The minimum atomic E-state index is -0.882. The van der Waals surface area contributed by atoms with Crippen LogP contribution in [0.25, 0.3) is 10.8 Å². The number of fused-ring (bicyclic) bond motifs is 1. The zero-order valence-electron chi connectivity index (χ0n) is 13.5. The van der Waals surface area contributed by atoms with E-state index in [4.69, 9.17) is 4.74 Å². The van der Waals surface area contributed by atoms with Gasteiger partial charge in [-0.15, -0.1) is 0 Å². The molecule has 0 aromatic heterocycles. The van der Waals surface area contributed by atoms with Gasteiger partial charge in [-0.3, -0.25) is 14.9 Å². The molecule has 1 N–H and O–H groups in total. The minimum Gasteiger partial charge on any atom is -0.474 e. The predicted molar refractivity (Wildman–Crippen MR) is 95.8 cm³/mol. The van der Waals surface area contributed by atoms with Crippen LogP contribution in [-0.4, -0.2) is 16.9 Å². The Kier molecular flexibility index (Phi) is 4.61. The molecule has 1 amide bonds. The van der Waals surface area contributed by atoms with Gasteiger partial charge in [0.1, 0.15) is 0 Å². The number of hydrogen-bond acceptors (Lipinski definition) is 4. The first-order valence-electron chi connectivity index (χ1n) is 7.74. The Morgan fingerprint density at radius 1 is 1.04 bits per heavy atom. The third-order valence-corrected chi connectivity index (χ3v) is 3.75. The van der Waals surface area contributed by atoms with Gasteiger partial charge in [-0.25, -0.2) is 0 Å². The smallest absolute Gasteiger partial charge is 0.310 e. The number of hydrogen-bond donors (Lipinski definition) is 1. The van der Waals surface area contributed by atoms with Crippen LogP contribution in [0.4, 0.5) is 11.4 Å². The van der Waals surface area contributed by atoms with E-state index in [0.29, 0.717) is 5.69 Å². The van der Waals surface area contributed by atoms with Crippen LogP contribution >= 0.6 is 0 Å². The number of amides is 1. The fourth-order valence-electron chi connectivity index (χ4n) is 2.46. The summed E-state index contributed by atoms with van der Waals surface area (Å²) in [5, 5.41) is 15.9. The lowest BCUT2D eigenvalue weighted by Crippen LogP contribution is -2.30. The largest absolute Gasteiger partial charge is 0.474 e. The molecule has 0 radical (unpaired) electrons. The van der Waals surface area contributed by atoms with Crippen molar-refractivity contribution in [3.63, 3.8) is 0 Å². The summed E-state index contributed by atoms with van der Waals surface area (Å²) in [5.74, 6) is -0.318. The maximum atomic E-state index is 12.3. The van der Waals surface area contributed by atoms with Crippen molar-refractivity contribution >= 4 is 28.1 Å². The van der Waals surface area contributed by atoms with Crippen molar-refractivity contribution in [2.45, 2.75) is 13.0 Å². The zero-order valence-corrected chi connectivity index (χ0v) is 13.5. The molecule has 0 aliphatic rings. The second-order valence-corrected chi connectivity index (χ2v) is 5.54. The number of anilines is 1. The van der Waals surface area contributed by atoms with Gasteiger partial charge in [-0.2, -0.15) is 0 Å². The predicted octanol–water partition coefficient (Wildman–Crippen LogP) is 4.15. The van der Waals surface area contributed by atoms with E-state index in [1.165, 1.54) is 12.1 Å². The van der Waals surface area contributed by atoms with E-state index in [-0.39, 0.29) is 17.3 Å². The van der Waals surface area contributed by atoms with Crippen molar-refractivity contribution in [2.75, 3.05) is 5.32 Å². The number of nitro groups is 1. The molecule has 126 valence electrons. The van der Waals surface area contributed by atoms with E-state index in [1.54, 1.807) is 25.1 Å². The maximum Gasteiger partial charge on any atom is 0.310 e. The molecule has 0 saturated carbocycles. The first-order chi connectivity index (χ1) is 12.0. The Balaban J connectivity index is 1.73. The third kappa shape index (κ3) is 3.74. The average Bonchev–Trinajstić information content (AvgIpc) is 2.61. The lowest BCUT2D eigenvalue weighted by molar-refractivity contribution is -0.386. The van der Waals surface area contributed by atoms with Crippen molar-refractivity contribution in [3.8, 4) is 5.75 Å². The van der Waals surface area contributed by atoms with Crippen LogP contribution in [0.15, 0.2) is 66.7 Å². The molecule has 0 aliphatic heterocycles. The van der Waals surface area contributed by atoms with Gasteiger partial charge >= 0.3 is 5.69 Å². The summed E-state index contributed by atoms with van der Waals surface area (Å²) in [6, 6.07) is 19.4. The number of ether oxygens (including phenoxy) is 1. The van der Waals surface area contributed by atoms with Gasteiger partial charge in [0.15, 0.2) is 11.9 Å². The molecule has 1 unspecified atom stereocenters. The number of nitrogens with zero attached hydrogens (tertiary/aromatic N) is 1. The molecule has 3 aromatic rings. The highest BCUT2D eigenvalue weighted by molar-refractivity contribution is 5.96. The Morgan fingerprint density at radius 2 is 1.72 bits per heavy atom. The van der Waals surface area contributed by atoms with E-state index in [1.807, 2.05) is 36.4 Å². The highest BCUT2D eigenvalue weighted by atomic mass is 16.6. The molecule has 0 spiro atoms. The molecule has 3 aromatic carbocycles. The van der Waals surface area contributed by atoms with Gasteiger partial charge in [0.2, 0.25) is 0 Å². The molecular weight excluding hydrogens is 320 g/mol. The highest BCUT2D eigenvalue weighted by Gasteiger charge is 2.20. The summed E-state index contributed by atoms with van der Waals surface area (Å²) in [6.45, 7) is 1.55. The van der Waals surface area contributed by atoms with Gasteiger partial charge < -0.3 is 10.1 Å². The molecule has 0 saturated heterocycles. The van der Waals surface area contributed by atoms with Crippen LogP contribution in [0.5, 0.6) is 5.75 Å². The summed E-state index contributed by atoms with van der Waals surface area (Å²) in [4.78, 5) is 22.8. The summed E-state index contributed by atoms with van der Waals surface area (Å²) >= 11 is 0. The molecule has 3 rings (SSSR count). The topological polar surface area (TPSA) is 81.5 Å². The Morgan fingerprint density at radius 3 is 2.48 bits per heavy atom. The fraction of sp³-hybridized carbons (Fsp3) is 0.105. The van der Waals surface area contributed by atoms with Crippen LogP contribution in [-0.2, 0) is 4.79 Å². The lowest BCUT2D eigenvalue weighted by atomic mass is 10.1. The SMILES string of the molecule is CC(Oc1ccccc1[N+](=O)[O-])C(=O)Nc1ccc2ccccc2c1. The average molecular weight is 336 g/mol. The molecule has 0 fully saturated rings. The molecular formula is C19H16N2O4. The van der Waals surface area contributed by atoms with Crippen molar-refractivity contribution in [1.82, 2.24) is 0 Å².